The van der Waals surface area contributed by atoms with Crippen molar-refractivity contribution in [1.82, 2.24) is 0 Å². The van der Waals surface area contributed by atoms with E-state index in [0.29, 0.717) is 10.2 Å². The van der Waals surface area contributed by atoms with Crippen LogP contribution in [0.4, 0.5) is 0 Å². The molecule has 0 saturated heterocycles. The van der Waals surface area contributed by atoms with Gasteiger partial charge in [-0.25, -0.2) is 0 Å². The van der Waals surface area contributed by atoms with Crippen LogP contribution in [0.25, 0.3) is 0 Å². The molecule has 0 aliphatic heterocycles. The summed E-state index contributed by atoms with van der Waals surface area (Å²) in [6.45, 7) is 9.36. The summed E-state index contributed by atoms with van der Waals surface area (Å²) in [5.41, 5.74) is 0.416. The fourth-order valence-electron chi connectivity index (χ4n) is 2.85. The lowest BCUT2D eigenvalue weighted by Crippen LogP contribution is -2.22. The zero-order valence-corrected chi connectivity index (χ0v) is 13.1. The van der Waals surface area contributed by atoms with Crippen LogP contribution < -0.4 is 0 Å². The van der Waals surface area contributed by atoms with Gasteiger partial charge in [0.1, 0.15) is 0 Å². The Morgan fingerprint density at radius 2 is 1.81 bits per heavy atom. The van der Waals surface area contributed by atoms with E-state index in [4.69, 9.17) is 0 Å². The Morgan fingerprint density at radius 3 is 2.38 bits per heavy atom. The van der Waals surface area contributed by atoms with Gasteiger partial charge < -0.3 is 0 Å². The third-order valence-electron chi connectivity index (χ3n) is 4.24. The second kappa shape index (κ2) is 6.42. The summed E-state index contributed by atoms with van der Waals surface area (Å²) in [5.74, 6) is 2.04. The van der Waals surface area contributed by atoms with Gasteiger partial charge in [-0.2, -0.15) is 0 Å². The predicted molar refractivity (Wildman–Crippen MR) is 77.1 cm³/mol. The average Bonchev–Trinajstić information content (AvgIpc) is 2.25. The van der Waals surface area contributed by atoms with E-state index in [1.807, 2.05) is 0 Å². The van der Waals surface area contributed by atoms with Crippen LogP contribution in [-0.2, 0) is 0 Å². The predicted octanol–water partition coefficient (Wildman–Crippen LogP) is 5.79. The van der Waals surface area contributed by atoms with Crippen molar-refractivity contribution in [3.05, 3.63) is 0 Å². The summed E-state index contributed by atoms with van der Waals surface area (Å²) < 4.78 is 0. The van der Waals surface area contributed by atoms with Crippen molar-refractivity contribution in [1.29, 1.82) is 0 Å². The monoisotopic (exact) mass is 288 g/mol. The van der Waals surface area contributed by atoms with Crippen LogP contribution in [0.15, 0.2) is 0 Å². The van der Waals surface area contributed by atoms with Crippen LogP contribution in [0.2, 0.25) is 0 Å². The van der Waals surface area contributed by atoms with Crippen LogP contribution in [0, 0.1) is 17.3 Å². The van der Waals surface area contributed by atoms with Gasteiger partial charge >= 0.3 is 0 Å². The van der Waals surface area contributed by atoms with Gasteiger partial charge in [0.15, 0.2) is 0 Å². The van der Waals surface area contributed by atoms with E-state index < -0.39 is 0 Å². The minimum absolute atomic E-state index is 0.416. The molecule has 0 aromatic carbocycles. The molecule has 16 heavy (non-hydrogen) atoms. The molecule has 0 aromatic heterocycles. The zero-order valence-electron chi connectivity index (χ0n) is 11.6. The Bertz CT molecular complexity index is 192. The highest BCUT2D eigenvalue weighted by atomic mass is 79.9. The van der Waals surface area contributed by atoms with Crippen molar-refractivity contribution >= 4 is 15.9 Å². The minimum Gasteiger partial charge on any atom is -0.0885 e. The van der Waals surface area contributed by atoms with E-state index in [-0.39, 0.29) is 0 Å². The highest BCUT2D eigenvalue weighted by Crippen LogP contribution is 2.36. The Balaban J connectivity index is 2.27. The first-order valence-electron chi connectivity index (χ1n) is 7.07. The first-order chi connectivity index (χ1) is 7.43. The van der Waals surface area contributed by atoms with Crippen LogP contribution in [0.3, 0.4) is 0 Å². The molecule has 0 nitrogen and oxygen atoms in total. The van der Waals surface area contributed by atoms with Crippen molar-refractivity contribution in [3.8, 4) is 0 Å². The standard InChI is InChI=1S/C15H29Br/c1-5-12-7-6-8-13(11-12)9-10-14(16)15(2,3)4/h12-14H,5-11H2,1-4H3. The Labute approximate surface area is 111 Å². The van der Waals surface area contributed by atoms with Gasteiger partial charge in [0.2, 0.25) is 0 Å². The molecule has 96 valence electrons. The van der Waals surface area contributed by atoms with E-state index in [0.717, 1.165) is 11.8 Å². The van der Waals surface area contributed by atoms with E-state index in [2.05, 4.69) is 43.6 Å². The number of alkyl halides is 1. The lowest BCUT2D eigenvalue weighted by Gasteiger charge is -2.31. The maximum atomic E-state index is 3.86. The van der Waals surface area contributed by atoms with E-state index in [1.165, 1.54) is 44.9 Å². The minimum atomic E-state index is 0.416. The fourth-order valence-corrected chi connectivity index (χ4v) is 3.11. The molecule has 1 aliphatic rings. The molecule has 1 saturated carbocycles. The number of hydrogen-bond donors (Lipinski definition) is 0. The fraction of sp³-hybridized carbons (Fsp3) is 1.00. The summed E-state index contributed by atoms with van der Waals surface area (Å²) >= 11 is 3.86. The van der Waals surface area contributed by atoms with Gasteiger partial charge in [0, 0.05) is 4.83 Å². The Morgan fingerprint density at radius 1 is 1.19 bits per heavy atom. The maximum Gasteiger partial charge on any atom is 0.0194 e. The van der Waals surface area contributed by atoms with Crippen molar-refractivity contribution in [2.75, 3.05) is 0 Å². The molecule has 0 spiro atoms. The molecule has 3 unspecified atom stereocenters. The molecular formula is C15H29Br. The molecule has 0 N–H and O–H groups in total. The first kappa shape index (κ1) is 14.5. The Hall–Kier alpha value is 0.480. The largest absolute Gasteiger partial charge is 0.0885 e. The van der Waals surface area contributed by atoms with E-state index in [1.54, 1.807) is 0 Å². The number of halogens is 1. The lowest BCUT2D eigenvalue weighted by molar-refractivity contribution is 0.238. The second-order valence-corrected chi connectivity index (χ2v) is 7.82. The van der Waals surface area contributed by atoms with Crippen LogP contribution in [0.1, 0.15) is 72.6 Å². The van der Waals surface area contributed by atoms with E-state index in [9.17, 15) is 0 Å². The number of rotatable bonds is 4. The lowest BCUT2D eigenvalue weighted by atomic mass is 9.77. The van der Waals surface area contributed by atoms with Crippen molar-refractivity contribution in [3.63, 3.8) is 0 Å². The molecule has 1 fully saturated rings. The third kappa shape index (κ3) is 4.77. The van der Waals surface area contributed by atoms with Crippen molar-refractivity contribution in [2.24, 2.45) is 17.3 Å². The summed E-state index contributed by atoms with van der Waals surface area (Å²) in [6.07, 6.45) is 10.1. The molecule has 1 aliphatic carbocycles. The van der Waals surface area contributed by atoms with E-state index >= 15 is 0 Å². The Kier molecular flexibility index (Phi) is 5.84. The van der Waals surface area contributed by atoms with Crippen LogP contribution in [-0.4, -0.2) is 4.83 Å². The van der Waals surface area contributed by atoms with Gasteiger partial charge in [-0.1, -0.05) is 69.3 Å². The highest BCUT2D eigenvalue weighted by Gasteiger charge is 2.25. The van der Waals surface area contributed by atoms with Crippen LogP contribution in [0.5, 0.6) is 0 Å². The average molecular weight is 289 g/mol. The summed E-state index contributed by atoms with van der Waals surface area (Å²) in [4.78, 5) is 0.682. The smallest absolute Gasteiger partial charge is 0.0194 e. The third-order valence-corrected chi connectivity index (χ3v) is 6.07. The molecule has 3 atom stereocenters. The molecule has 0 bridgehead atoms. The molecule has 0 heterocycles. The van der Waals surface area contributed by atoms with Gasteiger partial charge in [0.25, 0.3) is 0 Å². The van der Waals surface area contributed by atoms with Crippen molar-refractivity contribution in [2.45, 2.75) is 77.5 Å². The van der Waals surface area contributed by atoms with Gasteiger partial charge in [-0.05, 0) is 36.5 Å². The topological polar surface area (TPSA) is 0 Å². The zero-order chi connectivity index (χ0) is 12.2. The van der Waals surface area contributed by atoms with Gasteiger partial charge in [0.05, 0.1) is 0 Å². The number of hydrogen-bond acceptors (Lipinski definition) is 0. The quantitative estimate of drug-likeness (QED) is 0.574. The van der Waals surface area contributed by atoms with Gasteiger partial charge in [-0.15, -0.1) is 0 Å². The SMILES string of the molecule is CCC1CCCC(CCC(Br)C(C)(C)C)C1. The van der Waals surface area contributed by atoms with Crippen LogP contribution >= 0.6 is 15.9 Å². The molecular weight excluding hydrogens is 260 g/mol. The molecule has 0 amide bonds. The molecule has 1 rings (SSSR count). The highest BCUT2D eigenvalue weighted by molar-refractivity contribution is 9.09. The normalized spacial score (nSPS) is 29.1. The van der Waals surface area contributed by atoms with Gasteiger partial charge in [-0.3, -0.25) is 0 Å². The summed E-state index contributed by atoms with van der Waals surface area (Å²) in [6, 6.07) is 0. The molecule has 0 aromatic rings. The summed E-state index contributed by atoms with van der Waals surface area (Å²) in [5, 5.41) is 0. The second-order valence-electron chi connectivity index (χ2n) is 6.72. The first-order valence-corrected chi connectivity index (χ1v) is 7.99. The molecule has 1 heteroatoms. The summed E-state index contributed by atoms with van der Waals surface area (Å²) in [7, 11) is 0. The maximum absolute atomic E-state index is 3.86. The molecule has 0 radical (unpaired) electrons. The van der Waals surface area contributed by atoms with Crippen molar-refractivity contribution < 1.29 is 0 Å².